The first-order valence-corrected chi connectivity index (χ1v) is 5.92. The van der Waals surface area contributed by atoms with Crippen LogP contribution in [0.5, 0.6) is 5.75 Å². The molecule has 1 heterocycles. The van der Waals surface area contributed by atoms with Crippen LogP contribution in [0.15, 0.2) is 48.8 Å². The van der Waals surface area contributed by atoms with E-state index < -0.39 is 6.36 Å². The van der Waals surface area contributed by atoms with Gasteiger partial charge in [-0.25, -0.2) is 0 Å². The quantitative estimate of drug-likeness (QED) is 0.934. The summed E-state index contributed by atoms with van der Waals surface area (Å²) in [6, 6.07) is 9.34. The first-order chi connectivity index (χ1) is 9.49. The van der Waals surface area contributed by atoms with Crippen molar-refractivity contribution in [2.45, 2.75) is 12.4 Å². The highest BCUT2D eigenvalue weighted by Crippen LogP contribution is 2.26. The monoisotopic (exact) mass is 282 g/mol. The molecule has 1 N–H and O–H groups in total. The van der Waals surface area contributed by atoms with Gasteiger partial charge >= 0.3 is 6.36 Å². The van der Waals surface area contributed by atoms with Gasteiger partial charge in [0.05, 0.1) is 6.04 Å². The van der Waals surface area contributed by atoms with Crippen LogP contribution in [0.1, 0.15) is 17.2 Å². The maximum absolute atomic E-state index is 12.1. The Hall–Kier alpha value is -2.08. The first-order valence-electron chi connectivity index (χ1n) is 5.92. The van der Waals surface area contributed by atoms with Crippen molar-refractivity contribution in [2.24, 2.45) is 0 Å². The fraction of sp³-hybridized carbons (Fsp3) is 0.214. The number of hydrogen-bond donors (Lipinski definition) is 1. The fourth-order valence-electron chi connectivity index (χ4n) is 1.93. The maximum Gasteiger partial charge on any atom is 0.573 e. The molecule has 0 bridgehead atoms. The van der Waals surface area contributed by atoms with E-state index in [9.17, 15) is 13.2 Å². The summed E-state index contributed by atoms with van der Waals surface area (Å²) in [6.07, 6.45) is -1.30. The van der Waals surface area contributed by atoms with Crippen molar-refractivity contribution in [3.05, 3.63) is 59.9 Å². The van der Waals surface area contributed by atoms with Crippen LogP contribution in [-0.4, -0.2) is 18.4 Å². The minimum Gasteiger partial charge on any atom is -0.406 e. The van der Waals surface area contributed by atoms with E-state index in [1.54, 1.807) is 37.6 Å². The Morgan fingerprint density at radius 2 is 1.80 bits per heavy atom. The van der Waals surface area contributed by atoms with Crippen LogP contribution in [-0.2, 0) is 0 Å². The van der Waals surface area contributed by atoms with Crippen molar-refractivity contribution in [3.8, 4) is 5.75 Å². The fourth-order valence-corrected chi connectivity index (χ4v) is 1.93. The van der Waals surface area contributed by atoms with E-state index in [1.165, 1.54) is 12.1 Å². The number of ether oxygens (including phenoxy) is 1. The highest BCUT2D eigenvalue weighted by molar-refractivity contribution is 5.34. The third-order valence-electron chi connectivity index (χ3n) is 2.75. The Labute approximate surface area is 114 Å². The van der Waals surface area contributed by atoms with E-state index in [0.717, 1.165) is 11.1 Å². The second-order valence-electron chi connectivity index (χ2n) is 4.12. The van der Waals surface area contributed by atoms with Gasteiger partial charge in [0.1, 0.15) is 5.75 Å². The lowest BCUT2D eigenvalue weighted by Gasteiger charge is -2.17. The summed E-state index contributed by atoms with van der Waals surface area (Å²) in [5.74, 6) is -0.234. The smallest absolute Gasteiger partial charge is 0.406 e. The molecule has 1 aromatic heterocycles. The topological polar surface area (TPSA) is 34.1 Å². The molecule has 1 unspecified atom stereocenters. The van der Waals surface area contributed by atoms with Gasteiger partial charge in [-0.05, 0) is 36.4 Å². The largest absolute Gasteiger partial charge is 0.573 e. The Morgan fingerprint density at radius 1 is 1.10 bits per heavy atom. The van der Waals surface area contributed by atoms with Crippen molar-refractivity contribution in [2.75, 3.05) is 7.05 Å². The number of aromatic nitrogens is 1. The summed E-state index contributed by atoms with van der Waals surface area (Å²) in [5, 5.41) is 3.10. The molecule has 2 rings (SSSR count). The van der Waals surface area contributed by atoms with Gasteiger partial charge in [-0.15, -0.1) is 13.2 Å². The van der Waals surface area contributed by atoms with Crippen molar-refractivity contribution < 1.29 is 17.9 Å². The molecule has 0 amide bonds. The number of benzene rings is 1. The summed E-state index contributed by atoms with van der Waals surface area (Å²) < 4.78 is 40.1. The van der Waals surface area contributed by atoms with Gasteiger partial charge < -0.3 is 10.1 Å². The average molecular weight is 282 g/mol. The molecule has 0 fully saturated rings. The van der Waals surface area contributed by atoms with Crippen molar-refractivity contribution in [3.63, 3.8) is 0 Å². The number of nitrogens with zero attached hydrogens (tertiary/aromatic N) is 1. The maximum atomic E-state index is 12.1. The summed E-state index contributed by atoms with van der Waals surface area (Å²) >= 11 is 0. The Kier molecular flexibility index (Phi) is 4.24. The Morgan fingerprint density at radius 3 is 2.30 bits per heavy atom. The predicted octanol–water partition coefficient (Wildman–Crippen LogP) is 3.29. The molecular formula is C14H13F3N2O. The lowest BCUT2D eigenvalue weighted by Crippen LogP contribution is -2.19. The molecule has 2 aromatic rings. The van der Waals surface area contributed by atoms with Crippen molar-refractivity contribution >= 4 is 0 Å². The van der Waals surface area contributed by atoms with E-state index in [0.29, 0.717) is 0 Å². The first kappa shape index (κ1) is 14.3. The highest BCUT2D eigenvalue weighted by atomic mass is 19.4. The van der Waals surface area contributed by atoms with Gasteiger partial charge in [0, 0.05) is 12.4 Å². The van der Waals surface area contributed by atoms with E-state index in [2.05, 4.69) is 15.0 Å². The number of hydrogen-bond acceptors (Lipinski definition) is 3. The molecular weight excluding hydrogens is 269 g/mol. The molecule has 0 saturated heterocycles. The van der Waals surface area contributed by atoms with Crippen LogP contribution in [0.4, 0.5) is 13.2 Å². The number of pyridine rings is 1. The summed E-state index contributed by atoms with van der Waals surface area (Å²) in [6.45, 7) is 0. The number of halogens is 3. The van der Waals surface area contributed by atoms with Crippen LogP contribution in [0.25, 0.3) is 0 Å². The van der Waals surface area contributed by atoms with Gasteiger partial charge in [0.25, 0.3) is 0 Å². The molecule has 0 saturated carbocycles. The number of alkyl halides is 3. The van der Waals surface area contributed by atoms with Gasteiger partial charge in [0.15, 0.2) is 0 Å². The van der Waals surface area contributed by atoms with Crippen LogP contribution in [0.3, 0.4) is 0 Å². The minimum absolute atomic E-state index is 0.136. The zero-order valence-corrected chi connectivity index (χ0v) is 10.7. The third-order valence-corrected chi connectivity index (χ3v) is 2.75. The molecule has 1 aromatic carbocycles. The normalized spacial score (nSPS) is 13.0. The van der Waals surface area contributed by atoms with Gasteiger partial charge in [-0.1, -0.05) is 18.2 Å². The molecule has 0 spiro atoms. The zero-order valence-electron chi connectivity index (χ0n) is 10.7. The second kappa shape index (κ2) is 5.92. The van der Waals surface area contributed by atoms with E-state index in [-0.39, 0.29) is 11.8 Å². The van der Waals surface area contributed by atoms with Crippen LogP contribution >= 0.6 is 0 Å². The zero-order chi connectivity index (χ0) is 14.6. The number of rotatable bonds is 4. The van der Waals surface area contributed by atoms with Crippen LogP contribution in [0.2, 0.25) is 0 Å². The minimum atomic E-state index is -4.67. The predicted molar refractivity (Wildman–Crippen MR) is 68.3 cm³/mol. The van der Waals surface area contributed by atoms with Crippen LogP contribution < -0.4 is 10.1 Å². The molecule has 6 heteroatoms. The molecule has 3 nitrogen and oxygen atoms in total. The third kappa shape index (κ3) is 3.71. The lowest BCUT2D eigenvalue weighted by molar-refractivity contribution is -0.274. The van der Waals surface area contributed by atoms with Crippen LogP contribution in [0, 0.1) is 0 Å². The molecule has 0 radical (unpaired) electrons. The van der Waals surface area contributed by atoms with E-state index in [1.807, 2.05) is 6.07 Å². The second-order valence-corrected chi connectivity index (χ2v) is 4.12. The molecule has 0 aliphatic heterocycles. The molecule has 20 heavy (non-hydrogen) atoms. The van der Waals surface area contributed by atoms with Gasteiger partial charge in [0.2, 0.25) is 0 Å². The molecule has 0 aliphatic carbocycles. The summed E-state index contributed by atoms with van der Waals surface area (Å²) in [5.41, 5.74) is 1.76. The Balaban J connectivity index is 2.20. The van der Waals surface area contributed by atoms with Gasteiger partial charge in [-0.2, -0.15) is 0 Å². The summed E-state index contributed by atoms with van der Waals surface area (Å²) in [4.78, 5) is 4.03. The molecule has 106 valence electrons. The molecule has 1 atom stereocenters. The van der Waals surface area contributed by atoms with Gasteiger partial charge in [-0.3, -0.25) is 4.98 Å². The highest BCUT2D eigenvalue weighted by Gasteiger charge is 2.31. The number of nitrogens with one attached hydrogen (secondary N) is 1. The lowest BCUT2D eigenvalue weighted by atomic mass is 10.0. The van der Waals surface area contributed by atoms with Crippen molar-refractivity contribution in [1.29, 1.82) is 0 Å². The summed E-state index contributed by atoms with van der Waals surface area (Å²) in [7, 11) is 1.78. The standard InChI is InChI=1S/C14H13F3N2O/c1-18-13(11-3-2-8-19-9-11)10-4-6-12(7-5-10)20-14(15,16)17/h2-9,13,18H,1H3. The Bertz CT molecular complexity index is 541. The van der Waals surface area contributed by atoms with Crippen molar-refractivity contribution in [1.82, 2.24) is 10.3 Å². The molecule has 0 aliphatic rings. The van der Waals surface area contributed by atoms with E-state index in [4.69, 9.17) is 0 Å². The SMILES string of the molecule is CNC(c1ccc(OC(F)(F)F)cc1)c1cccnc1. The van der Waals surface area contributed by atoms with E-state index >= 15 is 0 Å². The average Bonchev–Trinajstić information content (AvgIpc) is 2.41.